The molecule has 0 fully saturated rings. The highest BCUT2D eigenvalue weighted by Gasteiger charge is 2.20. The molecule has 8 heteroatoms. The minimum Gasteiger partial charge on any atom is -0.497 e. The fourth-order valence-electron chi connectivity index (χ4n) is 3.09. The van der Waals surface area contributed by atoms with Gasteiger partial charge in [-0.1, -0.05) is 0 Å². The minimum atomic E-state index is -0.205. The lowest BCUT2D eigenvalue weighted by molar-refractivity contribution is 0.0943. The first-order valence-corrected chi connectivity index (χ1v) is 9.86. The summed E-state index contributed by atoms with van der Waals surface area (Å²) in [5, 5.41) is 7.68. The fraction of sp³-hybridized carbons (Fsp3) is 0.304. The van der Waals surface area contributed by atoms with E-state index >= 15 is 0 Å². The molecular weight excluding hydrogens is 396 g/mol. The molecule has 164 valence electrons. The first-order chi connectivity index (χ1) is 15.0. The number of nitrogens with zero attached hydrogens (tertiary/aromatic N) is 3. The molecular formula is C23H28N4O4. The maximum atomic E-state index is 13.0. The molecule has 0 bridgehead atoms. The van der Waals surface area contributed by atoms with E-state index in [0.717, 1.165) is 23.5 Å². The second kappa shape index (κ2) is 9.99. The lowest BCUT2D eigenvalue weighted by Crippen LogP contribution is -2.32. The van der Waals surface area contributed by atoms with Gasteiger partial charge in [0.15, 0.2) is 0 Å². The van der Waals surface area contributed by atoms with Crippen LogP contribution in [0.25, 0.3) is 16.9 Å². The van der Waals surface area contributed by atoms with E-state index in [1.54, 1.807) is 38.1 Å². The summed E-state index contributed by atoms with van der Waals surface area (Å²) < 4.78 is 17.7. The Bertz CT molecular complexity index is 1030. The van der Waals surface area contributed by atoms with Gasteiger partial charge in [0.1, 0.15) is 22.9 Å². The Morgan fingerprint density at radius 3 is 2.26 bits per heavy atom. The van der Waals surface area contributed by atoms with Gasteiger partial charge in [-0.15, -0.1) is 0 Å². The van der Waals surface area contributed by atoms with Crippen LogP contribution in [-0.4, -0.2) is 69.1 Å². The summed E-state index contributed by atoms with van der Waals surface area (Å²) in [6.07, 6.45) is 0. The molecule has 1 amide bonds. The summed E-state index contributed by atoms with van der Waals surface area (Å²) >= 11 is 0. The molecule has 8 nitrogen and oxygen atoms in total. The van der Waals surface area contributed by atoms with Crippen LogP contribution in [0.2, 0.25) is 0 Å². The highest BCUT2D eigenvalue weighted by molar-refractivity contribution is 5.94. The van der Waals surface area contributed by atoms with Crippen LogP contribution >= 0.6 is 0 Å². The van der Waals surface area contributed by atoms with Crippen molar-refractivity contribution in [1.82, 2.24) is 20.0 Å². The molecule has 0 aliphatic carbocycles. The predicted molar refractivity (Wildman–Crippen MR) is 120 cm³/mol. The number of carbonyl (C=O) groups is 1. The van der Waals surface area contributed by atoms with Crippen LogP contribution in [0.15, 0.2) is 48.5 Å². The van der Waals surface area contributed by atoms with Gasteiger partial charge >= 0.3 is 0 Å². The van der Waals surface area contributed by atoms with Gasteiger partial charge in [0.05, 0.1) is 32.7 Å². The second-order valence-electron chi connectivity index (χ2n) is 7.15. The molecule has 0 aliphatic rings. The van der Waals surface area contributed by atoms with E-state index in [-0.39, 0.29) is 5.91 Å². The molecule has 0 atom stereocenters. The predicted octanol–water partition coefficient (Wildman–Crippen LogP) is 2.86. The number of methoxy groups -OCH3 is 3. The Hall–Kier alpha value is -3.52. The summed E-state index contributed by atoms with van der Waals surface area (Å²) in [7, 11) is 8.72. The lowest BCUT2D eigenvalue weighted by atomic mass is 10.1. The maximum Gasteiger partial charge on any atom is 0.270 e. The molecule has 1 heterocycles. The highest BCUT2D eigenvalue weighted by Crippen LogP contribution is 2.33. The topological polar surface area (TPSA) is 77.8 Å². The summed E-state index contributed by atoms with van der Waals surface area (Å²) in [6, 6.07) is 14.6. The van der Waals surface area contributed by atoms with Crippen LogP contribution in [0.3, 0.4) is 0 Å². The molecule has 1 aromatic heterocycles. The molecule has 0 saturated carbocycles. The highest BCUT2D eigenvalue weighted by atomic mass is 16.5. The normalized spacial score (nSPS) is 10.8. The van der Waals surface area contributed by atoms with E-state index in [9.17, 15) is 4.79 Å². The van der Waals surface area contributed by atoms with Crippen molar-refractivity contribution in [3.8, 4) is 34.2 Å². The summed E-state index contributed by atoms with van der Waals surface area (Å²) in [5.74, 6) is 1.81. The Morgan fingerprint density at radius 1 is 0.968 bits per heavy atom. The first-order valence-electron chi connectivity index (χ1n) is 9.86. The van der Waals surface area contributed by atoms with E-state index < -0.39 is 0 Å². The first kappa shape index (κ1) is 22.2. The molecule has 0 unspecified atom stereocenters. The van der Waals surface area contributed by atoms with Crippen molar-refractivity contribution in [1.29, 1.82) is 0 Å². The van der Waals surface area contributed by atoms with Gasteiger partial charge in [0.25, 0.3) is 5.91 Å². The van der Waals surface area contributed by atoms with Crippen molar-refractivity contribution in [3.05, 3.63) is 54.2 Å². The van der Waals surface area contributed by atoms with Crippen molar-refractivity contribution in [2.24, 2.45) is 0 Å². The Morgan fingerprint density at radius 2 is 1.65 bits per heavy atom. The third-order valence-electron chi connectivity index (χ3n) is 4.79. The number of ether oxygens (including phenoxy) is 3. The standard InChI is InChI=1S/C23H28N4O4/c1-26(2)13-12-24-23(28)21-15-20(19-11-10-18(30-4)14-22(19)31-5)25-27(21)16-6-8-17(29-3)9-7-16/h6-11,14-15H,12-13H2,1-5H3,(H,24,28). The van der Waals surface area contributed by atoms with Crippen molar-refractivity contribution >= 4 is 5.91 Å². The molecule has 0 aliphatic heterocycles. The monoisotopic (exact) mass is 424 g/mol. The number of hydrogen-bond donors (Lipinski definition) is 1. The third-order valence-corrected chi connectivity index (χ3v) is 4.79. The zero-order valence-electron chi connectivity index (χ0n) is 18.5. The molecule has 0 saturated heterocycles. The number of nitrogens with one attached hydrogen (secondary N) is 1. The van der Waals surface area contributed by atoms with Crippen molar-refractivity contribution in [2.75, 3.05) is 48.5 Å². The van der Waals surface area contributed by atoms with E-state index in [2.05, 4.69) is 5.32 Å². The minimum absolute atomic E-state index is 0.205. The van der Waals surface area contributed by atoms with E-state index in [1.807, 2.05) is 55.4 Å². The lowest BCUT2D eigenvalue weighted by Gasteiger charge is -2.11. The van der Waals surface area contributed by atoms with Gasteiger partial charge in [-0.25, -0.2) is 4.68 Å². The van der Waals surface area contributed by atoms with Crippen molar-refractivity contribution < 1.29 is 19.0 Å². The zero-order valence-corrected chi connectivity index (χ0v) is 18.5. The molecule has 0 spiro atoms. The summed E-state index contributed by atoms with van der Waals surface area (Å²) in [4.78, 5) is 15.0. The van der Waals surface area contributed by atoms with Crippen LogP contribution in [-0.2, 0) is 0 Å². The van der Waals surface area contributed by atoms with Gasteiger partial charge in [-0.3, -0.25) is 4.79 Å². The number of amides is 1. The van der Waals surface area contributed by atoms with Gasteiger partial charge in [-0.2, -0.15) is 5.10 Å². The largest absolute Gasteiger partial charge is 0.497 e. The van der Waals surface area contributed by atoms with Crippen LogP contribution in [0.4, 0.5) is 0 Å². The average molecular weight is 425 g/mol. The zero-order chi connectivity index (χ0) is 22.4. The Labute approximate surface area is 182 Å². The van der Waals surface area contributed by atoms with Crippen LogP contribution in [0, 0.1) is 0 Å². The molecule has 3 aromatic rings. The molecule has 2 aromatic carbocycles. The number of benzene rings is 2. The van der Waals surface area contributed by atoms with E-state index in [0.29, 0.717) is 29.4 Å². The quantitative estimate of drug-likeness (QED) is 0.569. The van der Waals surface area contributed by atoms with Crippen LogP contribution in [0.1, 0.15) is 10.5 Å². The molecule has 31 heavy (non-hydrogen) atoms. The van der Waals surface area contributed by atoms with Gasteiger partial charge in [-0.05, 0) is 56.6 Å². The maximum absolute atomic E-state index is 13.0. The van der Waals surface area contributed by atoms with Gasteiger partial charge in [0.2, 0.25) is 0 Å². The fourth-order valence-corrected chi connectivity index (χ4v) is 3.09. The second-order valence-corrected chi connectivity index (χ2v) is 7.15. The molecule has 3 rings (SSSR count). The third kappa shape index (κ3) is 5.16. The number of aromatic nitrogens is 2. The van der Waals surface area contributed by atoms with E-state index in [1.165, 1.54) is 0 Å². The van der Waals surface area contributed by atoms with Crippen molar-refractivity contribution in [3.63, 3.8) is 0 Å². The van der Waals surface area contributed by atoms with Crippen LogP contribution < -0.4 is 19.5 Å². The SMILES string of the molecule is COc1ccc(-n2nc(-c3ccc(OC)cc3OC)cc2C(=O)NCCN(C)C)cc1. The van der Waals surface area contributed by atoms with Gasteiger partial charge < -0.3 is 24.4 Å². The van der Waals surface area contributed by atoms with E-state index in [4.69, 9.17) is 19.3 Å². The van der Waals surface area contributed by atoms with Gasteiger partial charge in [0, 0.05) is 24.7 Å². The van der Waals surface area contributed by atoms with Crippen molar-refractivity contribution in [2.45, 2.75) is 0 Å². The number of likely N-dealkylation sites (N-methyl/N-ethyl adjacent to an activating group) is 1. The number of rotatable bonds is 9. The van der Waals surface area contributed by atoms with Crippen LogP contribution in [0.5, 0.6) is 17.2 Å². The number of hydrogen-bond acceptors (Lipinski definition) is 6. The molecule has 1 N–H and O–H groups in total. The smallest absolute Gasteiger partial charge is 0.270 e. The summed E-state index contributed by atoms with van der Waals surface area (Å²) in [6.45, 7) is 1.27. The Balaban J connectivity index is 2.04. The number of carbonyl (C=O) groups excluding carboxylic acids is 1. The molecule has 0 radical (unpaired) electrons. The summed E-state index contributed by atoms with van der Waals surface area (Å²) in [5.41, 5.74) is 2.56. The average Bonchev–Trinajstić information content (AvgIpc) is 3.23. The Kier molecular flexibility index (Phi) is 7.15.